The Hall–Kier alpha value is -2.91. The van der Waals surface area contributed by atoms with Crippen molar-refractivity contribution < 1.29 is 37.1 Å². The number of amides is 3. The third-order valence-electron chi connectivity index (χ3n) is 3.78. The number of hydrogen-bond donors (Lipinski definition) is 0. The normalized spacial score (nSPS) is 13.6. The molecule has 0 spiro atoms. The molecular weight excluding hydrogens is 369 g/mol. The third kappa shape index (κ3) is 5.05. The molecule has 1 heterocycles. The zero-order valence-corrected chi connectivity index (χ0v) is 14.4. The van der Waals surface area contributed by atoms with E-state index in [2.05, 4.69) is 4.74 Å². The Balaban J connectivity index is 2.04. The monoisotopic (exact) mass is 386 g/mol. The fourth-order valence-corrected chi connectivity index (χ4v) is 2.62. The predicted molar refractivity (Wildman–Crippen MR) is 85.7 cm³/mol. The van der Waals surface area contributed by atoms with Crippen LogP contribution in [0.1, 0.15) is 34.1 Å². The fourth-order valence-electron chi connectivity index (χ4n) is 2.62. The summed E-state index contributed by atoms with van der Waals surface area (Å²) in [6, 6.07) is 6.05. The van der Waals surface area contributed by atoms with E-state index in [1.807, 2.05) is 0 Å². The zero-order chi connectivity index (χ0) is 20.2. The molecule has 1 aromatic carbocycles. The van der Waals surface area contributed by atoms with E-state index >= 15 is 0 Å². The molecule has 146 valence electrons. The summed E-state index contributed by atoms with van der Waals surface area (Å²) in [7, 11) is 0. The van der Waals surface area contributed by atoms with Gasteiger partial charge in [-0.25, -0.2) is 0 Å². The number of halogens is 3. The first-order chi connectivity index (χ1) is 12.6. The van der Waals surface area contributed by atoms with E-state index in [4.69, 9.17) is 0 Å². The average molecular weight is 386 g/mol. The second-order valence-corrected chi connectivity index (χ2v) is 5.73. The molecule has 0 bridgehead atoms. The molecule has 1 aliphatic rings. The van der Waals surface area contributed by atoms with Crippen LogP contribution >= 0.6 is 0 Å². The highest BCUT2D eigenvalue weighted by Gasteiger charge is 2.37. The summed E-state index contributed by atoms with van der Waals surface area (Å²) in [6.07, 6.45) is -5.25. The Bertz CT molecular complexity index is 728. The van der Waals surface area contributed by atoms with Gasteiger partial charge in [-0.15, -0.1) is 0 Å². The van der Waals surface area contributed by atoms with E-state index in [1.165, 1.54) is 19.1 Å². The molecule has 3 amide bonds. The highest BCUT2D eigenvalue weighted by Crippen LogP contribution is 2.23. The summed E-state index contributed by atoms with van der Waals surface area (Å²) in [5.41, 5.74) is 0.349. The Kier molecular flexibility index (Phi) is 6.19. The molecule has 27 heavy (non-hydrogen) atoms. The quantitative estimate of drug-likeness (QED) is 0.525. The summed E-state index contributed by atoms with van der Waals surface area (Å²) in [4.78, 5) is 49.1. The van der Waals surface area contributed by atoms with Crippen LogP contribution in [0.2, 0.25) is 0 Å². The maximum Gasteiger partial charge on any atom is 0.406 e. The number of nitrogens with zero attached hydrogens (tertiary/aromatic N) is 2. The van der Waals surface area contributed by atoms with Gasteiger partial charge in [0.15, 0.2) is 0 Å². The lowest BCUT2D eigenvalue weighted by Gasteiger charge is -2.24. The highest BCUT2D eigenvalue weighted by atomic mass is 19.4. The minimum atomic E-state index is -4.71. The lowest BCUT2D eigenvalue weighted by molar-refractivity contribution is -0.167. The lowest BCUT2D eigenvalue weighted by Crippen LogP contribution is -2.44. The lowest BCUT2D eigenvalue weighted by atomic mass is 10.1. The molecule has 0 aliphatic carbocycles. The summed E-state index contributed by atoms with van der Waals surface area (Å²) in [5.74, 6) is -3.22. The van der Waals surface area contributed by atoms with Crippen LogP contribution in [0.5, 0.6) is 0 Å². The molecule has 0 aromatic heterocycles. The Morgan fingerprint density at radius 3 is 2.15 bits per heavy atom. The minimum Gasteiger partial charge on any atom is -0.465 e. The van der Waals surface area contributed by atoms with Crippen molar-refractivity contribution in [2.75, 3.05) is 26.2 Å². The van der Waals surface area contributed by atoms with Crippen LogP contribution in [-0.4, -0.2) is 65.9 Å². The average Bonchev–Trinajstić information content (AvgIpc) is 2.82. The number of imide groups is 1. The largest absolute Gasteiger partial charge is 0.465 e. The van der Waals surface area contributed by atoms with Crippen LogP contribution in [0.4, 0.5) is 13.2 Å². The van der Waals surface area contributed by atoms with E-state index < -0.39 is 49.4 Å². The highest BCUT2D eigenvalue weighted by molar-refractivity contribution is 6.21. The topological polar surface area (TPSA) is 84.0 Å². The standard InChI is InChI=1S/C17H17F3N2O5/c1-2-27-14(24)9-21(10-17(18,19)20)13(23)7-8-22-15(25)11-5-3-4-6-12(11)16(22)26/h3-6H,2,7-10H2,1H3. The van der Waals surface area contributed by atoms with Gasteiger partial charge in [-0.1, -0.05) is 12.1 Å². The van der Waals surface area contributed by atoms with Gasteiger partial charge in [-0.2, -0.15) is 13.2 Å². The number of benzene rings is 1. The maximum atomic E-state index is 12.7. The molecule has 0 N–H and O–H groups in total. The van der Waals surface area contributed by atoms with Gasteiger partial charge in [-0.3, -0.25) is 24.1 Å². The van der Waals surface area contributed by atoms with Crippen molar-refractivity contribution in [1.82, 2.24) is 9.80 Å². The van der Waals surface area contributed by atoms with Gasteiger partial charge in [0.25, 0.3) is 11.8 Å². The van der Waals surface area contributed by atoms with Crippen LogP contribution < -0.4 is 0 Å². The van der Waals surface area contributed by atoms with Crippen molar-refractivity contribution in [2.45, 2.75) is 19.5 Å². The van der Waals surface area contributed by atoms with E-state index in [1.54, 1.807) is 12.1 Å². The van der Waals surface area contributed by atoms with Crippen molar-refractivity contribution in [3.05, 3.63) is 35.4 Å². The van der Waals surface area contributed by atoms with Crippen LogP contribution in [0.3, 0.4) is 0 Å². The molecule has 0 fully saturated rings. The summed E-state index contributed by atoms with van der Waals surface area (Å²) >= 11 is 0. The first-order valence-electron chi connectivity index (χ1n) is 8.09. The number of esters is 1. The van der Waals surface area contributed by atoms with Crippen LogP contribution in [0.25, 0.3) is 0 Å². The Morgan fingerprint density at radius 1 is 1.11 bits per heavy atom. The molecule has 0 radical (unpaired) electrons. The van der Waals surface area contributed by atoms with Crippen molar-refractivity contribution in [1.29, 1.82) is 0 Å². The minimum absolute atomic E-state index is 0.0398. The molecule has 0 saturated heterocycles. The van der Waals surface area contributed by atoms with Gasteiger partial charge in [0.1, 0.15) is 13.1 Å². The van der Waals surface area contributed by atoms with Gasteiger partial charge in [0.2, 0.25) is 5.91 Å². The van der Waals surface area contributed by atoms with Crippen LogP contribution in [0, 0.1) is 0 Å². The Morgan fingerprint density at radius 2 is 1.67 bits per heavy atom. The molecule has 1 aromatic rings. The second-order valence-electron chi connectivity index (χ2n) is 5.73. The van der Waals surface area contributed by atoms with Crippen molar-refractivity contribution >= 4 is 23.7 Å². The fraction of sp³-hybridized carbons (Fsp3) is 0.412. The molecule has 0 atom stereocenters. The van der Waals surface area contributed by atoms with Crippen LogP contribution in [-0.2, 0) is 14.3 Å². The number of ether oxygens (including phenoxy) is 1. The zero-order valence-electron chi connectivity index (χ0n) is 14.4. The third-order valence-corrected chi connectivity index (χ3v) is 3.78. The second kappa shape index (κ2) is 8.19. The SMILES string of the molecule is CCOC(=O)CN(CC(F)(F)F)C(=O)CCN1C(=O)c2ccccc2C1=O. The summed E-state index contributed by atoms with van der Waals surface area (Å²) < 4.78 is 42.6. The smallest absolute Gasteiger partial charge is 0.406 e. The van der Waals surface area contributed by atoms with E-state index in [0.717, 1.165) is 4.90 Å². The first kappa shape index (κ1) is 20.4. The number of alkyl halides is 3. The Labute approximate surface area is 152 Å². The predicted octanol–water partition coefficient (Wildman–Crippen LogP) is 1.63. The number of rotatable bonds is 7. The number of fused-ring (bicyclic) bond motifs is 1. The van der Waals surface area contributed by atoms with Gasteiger partial charge < -0.3 is 9.64 Å². The molecule has 0 saturated carbocycles. The van der Waals surface area contributed by atoms with Crippen molar-refractivity contribution in [3.8, 4) is 0 Å². The number of hydrogen-bond acceptors (Lipinski definition) is 5. The van der Waals surface area contributed by atoms with Crippen molar-refractivity contribution in [2.24, 2.45) is 0 Å². The van der Waals surface area contributed by atoms with E-state index in [0.29, 0.717) is 4.90 Å². The first-order valence-corrected chi connectivity index (χ1v) is 8.09. The maximum absolute atomic E-state index is 12.7. The molecule has 2 rings (SSSR count). The van der Waals surface area contributed by atoms with Crippen molar-refractivity contribution in [3.63, 3.8) is 0 Å². The summed E-state index contributed by atoms with van der Waals surface area (Å²) in [5, 5.41) is 0. The number of carbonyl (C=O) groups excluding carboxylic acids is 4. The molecule has 7 nitrogen and oxygen atoms in total. The molecular formula is C17H17F3N2O5. The van der Waals surface area contributed by atoms with Gasteiger partial charge in [-0.05, 0) is 19.1 Å². The van der Waals surface area contributed by atoms with Crippen LogP contribution in [0.15, 0.2) is 24.3 Å². The van der Waals surface area contributed by atoms with E-state index in [-0.39, 0.29) is 24.3 Å². The number of carbonyl (C=O) groups is 4. The molecule has 10 heteroatoms. The van der Waals surface area contributed by atoms with Gasteiger partial charge in [0.05, 0.1) is 17.7 Å². The van der Waals surface area contributed by atoms with E-state index in [9.17, 15) is 32.3 Å². The summed E-state index contributed by atoms with van der Waals surface area (Å²) in [6.45, 7) is -1.44. The van der Waals surface area contributed by atoms with Gasteiger partial charge in [0, 0.05) is 13.0 Å². The molecule has 0 unspecified atom stereocenters. The van der Waals surface area contributed by atoms with Gasteiger partial charge >= 0.3 is 12.1 Å². The molecule has 1 aliphatic heterocycles.